The second-order valence-corrected chi connectivity index (χ2v) is 7.19. The fourth-order valence-electron chi connectivity index (χ4n) is 4.15. The third-order valence-electron chi connectivity index (χ3n) is 5.58. The highest BCUT2D eigenvalue weighted by Gasteiger charge is 2.42. The first-order valence-electron chi connectivity index (χ1n) is 9.06. The van der Waals surface area contributed by atoms with E-state index in [2.05, 4.69) is 20.2 Å². The molecule has 2 saturated heterocycles. The van der Waals surface area contributed by atoms with Gasteiger partial charge in [-0.15, -0.1) is 15.3 Å². The van der Waals surface area contributed by atoms with Gasteiger partial charge in [-0.1, -0.05) is 0 Å². The van der Waals surface area contributed by atoms with Crippen LogP contribution in [0.3, 0.4) is 0 Å². The summed E-state index contributed by atoms with van der Waals surface area (Å²) in [6, 6.07) is 11.3. The first-order chi connectivity index (χ1) is 13.2. The molecule has 2 atom stereocenters. The van der Waals surface area contributed by atoms with Crippen molar-refractivity contribution in [2.45, 2.75) is 0 Å². The molecule has 2 fully saturated rings. The van der Waals surface area contributed by atoms with Gasteiger partial charge in [0, 0.05) is 43.6 Å². The molecule has 1 aromatic carbocycles. The fourth-order valence-corrected chi connectivity index (χ4v) is 4.15. The van der Waals surface area contributed by atoms with Crippen molar-refractivity contribution in [2.24, 2.45) is 11.8 Å². The lowest BCUT2D eigenvalue weighted by Gasteiger charge is -2.22. The van der Waals surface area contributed by atoms with Crippen molar-refractivity contribution in [3.8, 4) is 5.75 Å². The van der Waals surface area contributed by atoms with Crippen LogP contribution in [0, 0.1) is 11.8 Å². The number of hydrogen-bond acceptors (Lipinski definition) is 6. The van der Waals surface area contributed by atoms with E-state index in [1.54, 1.807) is 18.0 Å². The Kier molecular flexibility index (Phi) is 3.70. The maximum atomic E-state index is 12.8. The Morgan fingerprint density at radius 3 is 2.48 bits per heavy atom. The highest BCUT2D eigenvalue weighted by atomic mass is 16.5. The summed E-state index contributed by atoms with van der Waals surface area (Å²) < 4.78 is 6.86. The maximum absolute atomic E-state index is 12.8. The summed E-state index contributed by atoms with van der Waals surface area (Å²) in [6.45, 7) is 3.41. The Hall–Kier alpha value is -3.16. The number of nitrogens with zero attached hydrogens (tertiary/aromatic N) is 6. The monoisotopic (exact) mass is 364 g/mol. The number of likely N-dealkylation sites (tertiary alicyclic amines) is 1. The van der Waals surface area contributed by atoms with Gasteiger partial charge in [0.1, 0.15) is 17.9 Å². The summed E-state index contributed by atoms with van der Waals surface area (Å²) in [5.41, 5.74) is 1.46. The summed E-state index contributed by atoms with van der Waals surface area (Å²) in [6.07, 6.45) is 1.62. The summed E-state index contributed by atoms with van der Waals surface area (Å²) >= 11 is 0. The largest absolute Gasteiger partial charge is 0.497 e. The van der Waals surface area contributed by atoms with Crippen LogP contribution < -0.4 is 9.64 Å². The van der Waals surface area contributed by atoms with Crippen LogP contribution in [0.4, 0.5) is 5.82 Å². The van der Waals surface area contributed by atoms with Gasteiger partial charge in [0.25, 0.3) is 5.91 Å². The lowest BCUT2D eigenvalue weighted by molar-refractivity contribution is 0.0782. The molecule has 4 heterocycles. The smallest absolute Gasteiger partial charge is 0.253 e. The van der Waals surface area contributed by atoms with Gasteiger partial charge in [0.05, 0.1) is 7.11 Å². The number of ether oxygens (including phenoxy) is 1. The molecule has 2 aromatic heterocycles. The molecule has 5 rings (SSSR count). The van der Waals surface area contributed by atoms with Crippen LogP contribution in [0.5, 0.6) is 5.75 Å². The van der Waals surface area contributed by atoms with Gasteiger partial charge in [-0.2, -0.15) is 4.52 Å². The third-order valence-corrected chi connectivity index (χ3v) is 5.58. The molecule has 0 radical (unpaired) electrons. The zero-order valence-electron chi connectivity index (χ0n) is 15.0. The molecule has 2 aliphatic rings. The van der Waals surface area contributed by atoms with Crippen molar-refractivity contribution in [3.05, 3.63) is 48.3 Å². The summed E-state index contributed by atoms with van der Waals surface area (Å²) in [7, 11) is 1.63. The predicted octanol–water partition coefficient (Wildman–Crippen LogP) is 1.34. The van der Waals surface area contributed by atoms with Crippen molar-refractivity contribution >= 4 is 17.4 Å². The Morgan fingerprint density at radius 1 is 1.04 bits per heavy atom. The molecule has 0 N–H and O–H groups in total. The molecule has 27 heavy (non-hydrogen) atoms. The Labute approximate surface area is 156 Å². The van der Waals surface area contributed by atoms with Crippen LogP contribution in [-0.4, -0.2) is 63.9 Å². The average molecular weight is 364 g/mol. The van der Waals surface area contributed by atoms with Gasteiger partial charge in [-0.25, -0.2) is 0 Å². The Bertz CT molecular complexity index is 971. The SMILES string of the molecule is COc1ccc(C(=O)N2CC3CN(c4ccc5nncn5n4)CC3C2)cc1. The number of carbonyl (C=O) groups is 1. The quantitative estimate of drug-likeness (QED) is 0.698. The molecule has 1 amide bonds. The standard InChI is InChI=1S/C19H20N6O2/c1-27-16-4-2-13(3-5-16)19(26)24-10-14-8-23(9-15(14)11-24)18-7-6-17-21-20-12-25(17)22-18/h2-7,12,14-15H,8-11H2,1H3. The van der Waals surface area contributed by atoms with Crippen molar-refractivity contribution in [3.63, 3.8) is 0 Å². The van der Waals surface area contributed by atoms with E-state index in [0.717, 1.165) is 43.4 Å². The molecule has 2 unspecified atom stereocenters. The second-order valence-electron chi connectivity index (χ2n) is 7.19. The minimum Gasteiger partial charge on any atom is -0.497 e. The Balaban J connectivity index is 1.26. The molecule has 0 aliphatic carbocycles. The van der Waals surface area contributed by atoms with Gasteiger partial charge in [-0.05, 0) is 36.4 Å². The third kappa shape index (κ3) is 2.77. The van der Waals surface area contributed by atoms with Crippen LogP contribution in [0.1, 0.15) is 10.4 Å². The molecule has 138 valence electrons. The molecule has 8 nitrogen and oxygen atoms in total. The maximum Gasteiger partial charge on any atom is 0.253 e. The number of hydrogen-bond donors (Lipinski definition) is 0. The zero-order valence-corrected chi connectivity index (χ0v) is 15.0. The first-order valence-corrected chi connectivity index (χ1v) is 9.06. The molecule has 0 spiro atoms. The second kappa shape index (κ2) is 6.22. The molecule has 3 aromatic rings. The molecule has 0 saturated carbocycles. The highest BCUT2D eigenvalue weighted by Crippen LogP contribution is 2.34. The highest BCUT2D eigenvalue weighted by molar-refractivity contribution is 5.94. The van der Waals surface area contributed by atoms with Crippen LogP contribution in [0.2, 0.25) is 0 Å². The normalized spacial score (nSPS) is 21.7. The van der Waals surface area contributed by atoms with E-state index in [1.807, 2.05) is 41.3 Å². The van der Waals surface area contributed by atoms with Crippen LogP contribution >= 0.6 is 0 Å². The topological polar surface area (TPSA) is 75.9 Å². The van der Waals surface area contributed by atoms with Crippen molar-refractivity contribution < 1.29 is 9.53 Å². The minimum atomic E-state index is 0.0997. The van der Waals surface area contributed by atoms with Gasteiger partial charge in [0.2, 0.25) is 0 Å². The number of fused-ring (bicyclic) bond motifs is 2. The van der Waals surface area contributed by atoms with E-state index in [-0.39, 0.29) is 5.91 Å². The number of aromatic nitrogens is 4. The fraction of sp³-hybridized carbons (Fsp3) is 0.368. The molecule has 2 aliphatic heterocycles. The zero-order chi connectivity index (χ0) is 18.4. The van der Waals surface area contributed by atoms with E-state index in [9.17, 15) is 4.79 Å². The predicted molar refractivity (Wildman–Crippen MR) is 98.9 cm³/mol. The first kappa shape index (κ1) is 16.0. The lowest BCUT2D eigenvalue weighted by Crippen LogP contribution is -2.33. The number of rotatable bonds is 3. The van der Waals surface area contributed by atoms with Gasteiger partial charge in [-0.3, -0.25) is 4.79 Å². The summed E-state index contributed by atoms with van der Waals surface area (Å²) in [5.74, 6) is 2.75. The van der Waals surface area contributed by atoms with Crippen molar-refractivity contribution in [1.82, 2.24) is 24.7 Å². The number of anilines is 1. The van der Waals surface area contributed by atoms with Gasteiger partial charge < -0.3 is 14.5 Å². The van der Waals surface area contributed by atoms with Gasteiger partial charge >= 0.3 is 0 Å². The molecular weight excluding hydrogens is 344 g/mol. The number of methoxy groups -OCH3 is 1. The molecular formula is C19H20N6O2. The number of carbonyl (C=O) groups excluding carboxylic acids is 1. The van der Waals surface area contributed by atoms with E-state index in [4.69, 9.17) is 4.74 Å². The molecule has 8 heteroatoms. The van der Waals surface area contributed by atoms with E-state index in [0.29, 0.717) is 17.4 Å². The van der Waals surface area contributed by atoms with E-state index >= 15 is 0 Å². The van der Waals surface area contributed by atoms with E-state index in [1.165, 1.54) is 0 Å². The van der Waals surface area contributed by atoms with Crippen LogP contribution in [0.15, 0.2) is 42.7 Å². The Morgan fingerprint density at radius 2 is 1.78 bits per heavy atom. The van der Waals surface area contributed by atoms with Crippen molar-refractivity contribution in [1.29, 1.82) is 0 Å². The lowest BCUT2D eigenvalue weighted by atomic mass is 10.0. The average Bonchev–Trinajstić information content (AvgIpc) is 3.41. The number of amides is 1. The van der Waals surface area contributed by atoms with Crippen LogP contribution in [-0.2, 0) is 0 Å². The minimum absolute atomic E-state index is 0.0997. The summed E-state index contributed by atoms with van der Waals surface area (Å²) in [5, 5.41) is 12.5. The van der Waals surface area contributed by atoms with Crippen molar-refractivity contribution in [2.75, 3.05) is 38.2 Å². The van der Waals surface area contributed by atoms with Crippen LogP contribution in [0.25, 0.3) is 5.65 Å². The van der Waals surface area contributed by atoms with Gasteiger partial charge in [0.15, 0.2) is 5.65 Å². The molecule has 0 bridgehead atoms. The number of benzene rings is 1. The van der Waals surface area contributed by atoms with E-state index < -0.39 is 0 Å². The summed E-state index contributed by atoms with van der Waals surface area (Å²) in [4.78, 5) is 17.1.